The molecule has 0 aromatic heterocycles. The van der Waals surface area contributed by atoms with Gasteiger partial charge in [-0.3, -0.25) is 19.7 Å². The van der Waals surface area contributed by atoms with Gasteiger partial charge in [0.1, 0.15) is 5.56 Å². The van der Waals surface area contributed by atoms with Crippen LogP contribution in [0.4, 0.5) is 5.69 Å². The van der Waals surface area contributed by atoms with E-state index in [-0.39, 0.29) is 11.3 Å². The van der Waals surface area contributed by atoms with Crippen LogP contribution in [-0.2, 0) is 4.79 Å². The van der Waals surface area contributed by atoms with Crippen molar-refractivity contribution in [3.8, 4) is 11.5 Å². The van der Waals surface area contributed by atoms with E-state index in [2.05, 4.69) is 10.5 Å². The zero-order chi connectivity index (χ0) is 20.7. The van der Waals surface area contributed by atoms with Crippen LogP contribution >= 0.6 is 22.6 Å². The van der Waals surface area contributed by atoms with E-state index in [9.17, 15) is 19.7 Å². The number of esters is 1. The largest absolute Gasteiger partial charge is 0.490 e. The highest BCUT2D eigenvalue weighted by molar-refractivity contribution is 14.1. The number of carbonyl (C=O) groups excluding carboxylic acids is 2. The zero-order valence-corrected chi connectivity index (χ0v) is 17.1. The summed E-state index contributed by atoms with van der Waals surface area (Å²) in [6.45, 7) is 3.44. The highest BCUT2D eigenvalue weighted by Gasteiger charge is 2.18. The molecule has 0 saturated heterocycles. The van der Waals surface area contributed by atoms with Gasteiger partial charge in [0.2, 0.25) is 0 Å². The number of carbonyl (C=O) groups is 2. The van der Waals surface area contributed by atoms with Gasteiger partial charge in [-0.25, -0.2) is 5.43 Å². The summed E-state index contributed by atoms with van der Waals surface area (Å²) >= 11 is 1.99. The van der Waals surface area contributed by atoms with Gasteiger partial charge in [-0.05, 0) is 53.3 Å². The first kappa shape index (κ1) is 21.3. The molecule has 9 nitrogen and oxygen atoms in total. The van der Waals surface area contributed by atoms with Gasteiger partial charge in [0.25, 0.3) is 11.6 Å². The molecule has 0 unspecified atom stereocenters. The first-order valence-electron chi connectivity index (χ1n) is 8.05. The van der Waals surface area contributed by atoms with E-state index in [4.69, 9.17) is 9.47 Å². The van der Waals surface area contributed by atoms with Crippen molar-refractivity contribution < 1.29 is 24.0 Å². The third kappa shape index (κ3) is 5.49. The van der Waals surface area contributed by atoms with Crippen LogP contribution in [0.2, 0.25) is 0 Å². The van der Waals surface area contributed by atoms with Crippen LogP contribution in [0.15, 0.2) is 41.5 Å². The monoisotopic (exact) mass is 497 g/mol. The van der Waals surface area contributed by atoms with Crippen LogP contribution < -0.4 is 14.9 Å². The highest BCUT2D eigenvalue weighted by atomic mass is 127. The number of hydrazone groups is 1. The minimum atomic E-state index is -0.709. The maximum atomic E-state index is 12.2. The minimum Gasteiger partial charge on any atom is -0.490 e. The van der Waals surface area contributed by atoms with E-state index < -0.39 is 16.8 Å². The van der Waals surface area contributed by atoms with Gasteiger partial charge in [0.15, 0.2) is 11.5 Å². The van der Waals surface area contributed by atoms with Crippen LogP contribution in [0.1, 0.15) is 29.8 Å². The standard InChI is InChI=1S/C18H16IN3O6/c1-3-27-16-9-12(8-14(19)17(16)28-11(2)23)10-20-21-18(24)13-6-4-5-7-15(13)22(25)26/h4-10H,3H2,1-2H3,(H,21,24)/b20-10-. The number of benzene rings is 2. The summed E-state index contributed by atoms with van der Waals surface area (Å²) in [5.41, 5.74) is 2.42. The number of hydrogen-bond donors (Lipinski definition) is 1. The van der Waals surface area contributed by atoms with Crippen molar-refractivity contribution >= 4 is 46.4 Å². The van der Waals surface area contributed by atoms with Gasteiger partial charge in [0, 0.05) is 13.0 Å². The molecule has 0 aliphatic rings. The summed E-state index contributed by atoms with van der Waals surface area (Å²) in [4.78, 5) is 33.8. The Balaban J connectivity index is 2.21. The van der Waals surface area contributed by atoms with E-state index in [1.807, 2.05) is 22.6 Å². The molecule has 0 saturated carbocycles. The summed E-state index contributed by atoms with van der Waals surface area (Å²) in [5, 5.41) is 14.8. The number of hydrogen-bond acceptors (Lipinski definition) is 7. The second kappa shape index (κ2) is 9.78. The molecule has 0 atom stereocenters. The van der Waals surface area contributed by atoms with Crippen molar-refractivity contribution in [1.29, 1.82) is 0 Å². The molecule has 0 bridgehead atoms. The lowest BCUT2D eigenvalue weighted by Gasteiger charge is -2.12. The lowest BCUT2D eigenvalue weighted by atomic mass is 10.2. The maximum absolute atomic E-state index is 12.2. The summed E-state index contributed by atoms with van der Waals surface area (Å²) in [7, 11) is 0. The number of nitrogens with zero attached hydrogens (tertiary/aromatic N) is 2. The molecule has 10 heteroatoms. The summed E-state index contributed by atoms with van der Waals surface area (Å²) in [6.07, 6.45) is 1.36. The molecule has 2 rings (SSSR count). The van der Waals surface area contributed by atoms with Gasteiger partial charge in [-0.15, -0.1) is 0 Å². The Hall–Kier alpha value is -3.02. The molecule has 0 heterocycles. The van der Waals surface area contributed by atoms with E-state index in [1.165, 1.54) is 37.4 Å². The third-order valence-electron chi connectivity index (χ3n) is 3.30. The van der Waals surface area contributed by atoms with E-state index in [0.717, 1.165) is 0 Å². The molecule has 0 aliphatic heterocycles. The van der Waals surface area contributed by atoms with Gasteiger partial charge < -0.3 is 9.47 Å². The van der Waals surface area contributed by atoms with Crippen LogP contribution in [0, 0.1) is 13.7 Å². The van der Waals surface area contributed by atoms with Crippen molar-refractivity contribution in [2.24, 2.45) is 5.10 Å². The summed E-state index contributed by atoms with van der Waals surface area (Å²) in [5.74, 6) is -0.524. The Kier molecular flexibility index (Phi) is 7.44. The number of nitro benzene ring substituents is 1. The van der Waals surface area contributed by atoms with Crippen LogP contribution in [-0.4, -0.2) is 29.6 Å². The lowest BCUT2D eigenvalue weighted by molar-refractivity contribution is -0.385. The molecule has 2 aromatic rings. The van der Waals surface area contributed by atoms with Crippen molar-refractivity contribution in [3.05, 3.63) is 61.2 Å². The SMILES string of the molecule is CCOc1cc(/C=N\NC(=O)c2ccccc2[N+](=O)[O-])cc(I)c1OC(C)=O. The highest BCUT2D eigenvalue weighted by Crippen LogP contribution is 2.34. The zero-order valence-electron chi connectivity index (χ0n) is 15.0. The normalized spacial score (nSPS) is 10.5. The molecule has 28 heavy (non-hydrogen) atoms. The van der Waals surface area contributed by atoms with E-state index in [0.29, 0.717) is 27.2 Å². The molecule has 146 valence electrons. The van der Waals surface area contributed by atoms with Crippen LogP contribution in [0.3, 0.4) is 0 Å². The topological polar surface area (TPSA) is 120 Å². The fourth-order valence-electron chi connectivity index (χ4n) is 2.22. The molecule has 2 aromatic carbocycles. The molecule has 1 N–H and O–H groups in total. The Morgan fingerprint density at radius 3 is 2.68 bits per heavy atom. The van der Waals surface area contributed by atoms with Crippen molar-refractivity contribution in [2.75, 3.05) is 6.61 Å². The first-order chi connectivity index (χ1) is 13.3. The fourth-order valence-corrected chi connectivity index (χ4v) is 2.95. The first-order valence-corrected chi connectivity index (χ1v) is 9.13. The van der Waals surface area contributed by atoms with E-state index in [1.54, 1.807) is 19.1 Å². The van der Waals surface area contributed by atoms with Gasteiger partial charge in [0.05, 0.1) is 21.3 Å². The fraction of sp³-hybridized carbons (Fsp3) is 0.167. The van der Waals surface area contributed by atoms with Crippen molar-refractivity contribution in [3.63, 3.8) is 0 Å². The molecule has 0 aliphatic carbocycles. The summed E-state index contributed by atoms with van der Waals surface area (Å²) in [6, 6.07) is 8.86. The second-order valence-electron chi connectivity index (χ2n) is 5.33. The molecule has 0 radical (unpaired) electrons. The molecule has 1 amide bonds. The van der Waals surface area contributed by atoms with E-state index >= 15 is 0 Å². The molecule has 0 fully saturated rings. The molecule has 0 spiro atoms. The number of ether oxygens (including phenoxy) is 2. The van der Waals surface area contributed by atoms with Crippen molar-refractivity contribution in [1.82, 2.24) is 5.43 Å². The maximum Gasteiger partial charge on any atom is 0.308 e. The number of amides is 1. The van der Waals surface area contributed by atoms with Gasteiger partial charge >= 0.3 is 5.97 Å². The lowest BCUT2D eigenvalue weighted by Crippen LogP contribution is -2.19. The Labute approximate surface area is 174 Å². The average molecular weight is 497 g/mol. The third-order valence-corrected chi connectivity index (χ3v) is 4.10. The number of nitro groups is 1. The molecular weight excluding hydrogens is 481 g/mol. The predicted octanol–water partition coefficient (Wildman–Crippen LogP) is 3.29. The van der Waals surface area contributed by atoms with Crippen LogP contribution in [0.25, 0.3) is 0 Å². The van der Waals surface area contributed by atoms with Crippen molar-refractivity contribution in [2.45, 2.75) is 13.8 Å². The van der Waals surface area contributed by atoms with Gasteiger partial charge in [-0.1, -0.05) is 12.1 Å². The number of nitrogens with one attached hydrogen (secondary N) is 1. The number of rotatable bonds is 7. The smallest absolute Gasteiger partial charge is 0.308 e. The van der Waals surface area contributed by atoms with Gasteiger partial charge in [-0.2, -0.15) is 5.10 Å². The molecular formula is C18H16IN3O6. The Morgan fingerprint density at radius 1 is 1.32 bits per heavy atom. The Bertz CT molecular complexity index is 945. The average Bonchev–Trinajstić information content (AvgIpc) is 2.64. The summed E-state index contributed by atoms with van der Waals surface area (Å²) < 4.78 is 11.3. The second-order valence-corrected chi connectivity index (χ2v) is 6.49. The number of para-hydroxylation sites is 1. The van der Waals surface area contributed by atoms with Crippen LogP contribution in [0.5, 0.6) is 11.5 Å². The quantitative estimate of drug-likeness (QED) is 0.157. The number of halogens is 1. The Morgan fingerprint density at radius 2 is 2.04 bits per heavy atom. The predicted molar refractivity (Wildman–Crippen MR) is 110 cm³/mol. The minimum absolute atomic E-state index is 0.0977.